The summed E-state index contributed by atoms with van der Waals surface area (Å²) in [6.07, 6.45) is 9.69. The van der Waals surface area contributed by atoms with E-state index in [1.165, 1.54) is 19.3 Å². The van der Waals surface area contributed by atoms with Crippen LogP contribution in [0, 0.1) is 0 Å². The van der Waals surface area contributed by atoms with E-state index >= 15 is 0 Å². The molecule has 2 aromatic rings. The first-order chi connectivity index (χ1) is 17.1. The SMILES string of the molecule is C[C@@]1(C(=O)NC2CCCCCCC2)Cn2c(ccc2-c2ccco2)C(=O)N1CCN1CCOCC1. The predicted octanol–water partition coefficient (Wildman–Crippen LogP) is 3.52. The summed E-state index contributed by atoms with van der Waals surface area (Å²) in [6, 6.07) is 7.68. The molecule has 2 amide bonds. The number of furan rings is 1. The summed E-state index contributed by atoms with van der Waals surface area (Å²) in [5, 5.41) is 3.36. The number of aromatic nitrogens is 1. The number of hydrogen-bond donors (Lipinski definition) is 1. The molecule has 2 aromatic heterocycles. The van der Waals surface area contributed by atoms with Crippen LogP contribution < -0.4 is 5.32 Å². The van der Waals surface area contributed by atoms with Crippen molar-refractivity contribution in [2.24, 2.45) is 0 Å². The second kappa shape index (κ2) is 10.6. The lowest BCUT2D eigenvalue weighted by Gasteiger charge is -2.45. The molecular formula is C27H38N4O4. The zero-order valence-electron chi connectivity index (χ0n) is 20.8. The lowest BCUT2D eigenvalue weighted by Crippen LogP contribution is -2.66. The van der Waals surface area contributed by atoms with E-state index < -0.39 is 5.54 Å². The second-order valence-corrected chi connectivity index (χ2v) is 10.4. The molecule has 0 radical (unpaired) electrons. The predicted molar refractivity (Wildman–Crippen MR) is 133 cm³/mol. The van der Waals surface area contributed by atoms with E-state index in [1.807, 2.05) is 40.7 Å². The number of rotatable bonds is 6. The van der Waals surface area contributed by atoms with Gasteiger partial charge in [-0.1, -0.05) is 32.1 Å². The van der Waals surface area contributed by atoms with Gasteiger partial charge in [-0.3, -0.25) is 14.5 Å². The highest BCUT2D eigenvalue weighted by atomic mass is 16.5. The number of hydrogen-bond acceptors (Lipinski definition) is 5. The van der Waals surface area contributed by atoms with Gasteiger partial charge in [-0.2, -0.15) is 0 Å². The maximum Gasteiger partial charge on any atom is 0.271 e. The molecule has 1 atom stereocenters. The van der Waals surface area contributed by atoms with Crippen LogP contribution in [0.15, 0.2) is 34.9 Å². The van der Waals surface area contributed by atoms with E-state index in [0.717, 1.165) is 51.0 Å². The van der Waals surface area contributed by atoms with Crippen LogP contribution in [0.1, 0.15) is 62.4 Å². The van der Waals surface area contributed by atoms with Gasteiger partial charge in [0.2, 0.25) is 5.91 Å². The van der Waals surface area contributed by atoms with Crippen molar-refractivity contribution in [3.05, 3.63) is 36.2 Å². The van der Waals surface area contributed by atoms with Crippen LogP contribution in [-0.4, -0.2) is 77.2 Å². The second-order valence-electron chi connectivity index (χ2n) is 10.4. The Balaban J connectivity index is 1.42. The Labute approximate surface area is 207 Å². The van der Waals surface area contributed by atoms with Gasteiger partial charge in [0.05, 0.1) is 31.7 Å². The van der Waals surface area contributed by atoms with Crippen LogP contribution in [0.2, 0.25) is 0 Å². The average Bonchev–Trinajstić information content (AvgIpc) is 3.51. The summed E-state index contributed by atoms with van der Waals surface area (Å²) in [7, 11) is 0. The number of amides is 2. The zero-order chi connectivity index (χ0) is 24.3. The zero-order valence-corrected chi connectivity index (χ0v) is 20.8. The third-order valence-corrected chi connectivity index (χ3v) is 7.95. The molecule has 190 valence electrons. The summed E-state index contributed by atoms with van der Waals surface area (Å²) >= 11 is 0. The van der Waals surface area contributed by atoms with E-state index in [9.17, 15) is 9.59 Å². The molecule has 0 bridgehead atoms. The molecule has 3 aliphatic rings. The first-order valence-corrected chi connectivity index (χ1v) is 13.2. The minimum absolute atomic E-state index is 0.0526. The number of carbonyl (C=O) groups is 2. The molecule has 0 unspecified atom stereocenters. The molecule has 2 aliphatic heterocycles. The van der Waals surface area contributed by atoms with E-state index in [1.54, 1.807) is 6.26 Å². The van der Waals surface area contributed by atoms with Crippen LogP contribution in [0.25, 0.3) is 11.5 Å². The van der Waals surface area contributed by atoms with Crippen molar-refractivity contribution < 1.29 is 18.7 Å². The molecule has 5 rings (SSSR count). The van der Waals surface area contributed by atoms with Crippen molar-refractivity contribution in [1.82, 2.24) is 19.7 Å². The lowest BCUT2D eigenvalue weighted by molar-refractivity contribution is -0.134. The Hall–Kier alpha value is -2.58. The van der Waals surface area contributed by atoms with Crippen LogP contribution in [-0.2, 0) is 16.1 Å². The largest absolute Gasteiger partial charge is 0.463 e. The van der Waals surface area contributed by atoms with Crippen molar-refractivity contribution in [3.8, 4) is 11.5 Å². The molecular weight excluding hydrogens is 444 g/mol. The monoisotopic (exact) mass is 482 g/mol. The average molecular weight is 483 g/mol. The van der Waals surface area contributed by atoms with Crippen molar-refractivity contribution in [1.29, 1.82) is 0 Å². The summed E-state index contributed by atoms with van der Waals surface area (Å²) in [4.78, 5) is 31.9. The molecule has 8 heteroatoms. The number of ether oxygens (including phenoxy) is 1. The molecule has 1 saturated carbocycles. The van der Waals surface area contributed by atoms with Gasteiger partial charge in [0.1, 0.15) is 17.0 Å². The number of fused-ring (bicyclic) bond motifs is 1. The van der Waals surface area contributed by atoms with Crippen LogP contribution in [0.4, 0.5) is 0 Å². The van der Waals surface area contributed by atoms with E-state index in [2.05, 4.69) is 10.2 Å². The summed E-state index contributed by atoms with van der Waals surface area (Å²) in [5.74, 6) is 0.550. The Morgan fingerprint density at radius 3 is 2.46 bits per heavy atom. The maximum atomic E-state index is 13.9. The Bertz CT molecular complexity index is 1000. The third-order valence-electron chi connectivity index (χ3n) is 7.95. The first kappa shape index (κ1) is 24.1. The number of morpholine rings is 1. The van der Waals surface area contributed by atoms with Gasteiger partial charge in [-0.05, 0) is 44.0 Å². The molecule has 0 spiro atoms. The topological polar surface area (TPSA) is 80.0 Å². The third kappa shape index (κ3) is 5.05. The number of carbonyl (C=O) groups excluding carboxylic acids is 2. The fraction of sp³-hybridized carbons (Fsp3) is 0.630. The maximum absolute atomic E-state index is 13.9. The molecule has 1 saturated heterocycles. The first-order valence-electron chi connectivity index (χ1n) is 13.2. The highest BCUT2D eigenvalue weighted by Crippen LogP contribution is 2.33. The molecule has 1 aliphatic carbocycles. The van der Waals surface area contributed by atoms with Crippen LogP contribution in [0.3, 0.4) is 0 Å². The van der Waals surface area contributed by atoms with Gasteiger partial charge in [0, 0.05) is 32.2 Å². The summed E-state index contributed by atoms with van der Waals surface area (Å²) in [5.41, 5.74) is 0.449. The van der Waals surface area contributed by atoms with Gasteiger partial charge in [-0.25, -0.2) is 0 Å². The molecule has 4 heterocycles. The minimum Gasteiger partial charge on any atom is -0.463 e. The standard InChI is InChI=1S/C27H38N4O4/c1-27(26(33)28-21-8-5-3-2-4-6-9-21)20-30-22(24-10-7-17-35-24)11-12-23(30)25(32)31(27)14-13-29-15-18-34-19-16-29/h7,10-12,17,21H,2-6,8-9,13-16,18-20H2,1H3,(H,28,33)/t27-/m0/s1. The van der Waals surface area contributed by atoms with Crippen molar-refractivity contribution in [2.45, 2.75) is 70.0 Å². The van der Waals surface area contributed by atoms with Gasteiger partial charge >= 0.3 is 0 Å². The lowest BCUT2D eigenvalue weighted by atomic mass is 9.92. The molecule has 0 aromatic carbocycles. The quantitative estimate of drug-likeness (QED) is 0.682. The summed E-state index contributed by atoms with van der Waals surface area (Å²) < 4.78 is 13.1. The fourth-order valence-corrected chi connectivity index (χ4v) is 5.77. The van der Waals surface area contributed by atoms with Gasteiger partial charge in [-0.15, -0.1) is 0 Å². The number of nitrogens with zero attached hydrogens (tertiary/aromatic N) is 3. The van der Waals surface area contributed by atoms with Crippen molar-refractivity contribution >= 4 is 11.8 Å². The van der Waals surface area contributed by atoms with E-state index in [-0.39, 0.29) is 17.9 Å². The smallest absolute Gasteiger partial charge is 0.271 e. The van der Waals surface area contributed by atoms with Crippen LogP contribution in [0.5, 0.6) is 0 Å². The van der Waals surface area contributed by atoms with Gasteiger partial charge in [0.15, 0.2) is 0 Å². The Morgan fingerprint density at radius 1 is 1.03 bits per heavy atom. The fourth-order valence-electron chi connectivity index (χ4n) is 5.77. The van der Waals surface area contributed by atoms with Gasteiger partial charge < -0.3 is 23.9 Å². The van der Waals surface area contributed by atoms with Gasteiger partial charge in [0.25, 0.3) is 5.91 Å². The van der Waals surface area contributed by atoms with Crippen molar-refractivity contribution in [3.63, 3.8) is 0 Å². The number of nitrogens with one attached hydrogen (secondary N) is 1. The highest BCUT2D eigenvalue weighted by Gasteiger charge is 2.48. The Morgan fingerprint density at radius 2 is 1.74 bits per heavy atom. The van der Waals surface area contributed by atoms with Crippen molar-refractivity contribution in [2.75, 3.05) is 39.4 Å². The molecule has 1 N–H and O–H groups in total. The molecule has 35 heavy (non-hydrogen) atoms. The Kier molecular flexibility index (Phi) is 7.29. The minimum atomic E-state index is -0.987. The summed E-state index contributed by atoms with van der Waals surface area (Å²) in [6.45, 7) is 6.70. The normalized spacial score (nSPS) is 24.6. The molecule has 2 fully saturated rings. The molecule has 8 nitrogen and oxygen atoms in total. The van der Waals surface area contributed by atoms with E-state index in [4.69, 9.17) is 9.15 Å². The van der Waals surface area contributed by atoms with Crippen LogP contribution >= 0.6 is 0 Å². The van der Waals surface area contributed by atoms with E-state index in [0.29, 0.717) is 37.8 Å². The highest BCUT2D eigenvalue weighted by molar-refractivity contribution is 6.00.